The van der Waals surface area contributed by atoms with Gasteiger partial charge in [0.25, 0.3) is 5.56 Å². The molecule has 3 aromatic carbocycles. The highest BCUT2D eigenvalue weighted by molar-refractivity contribution is 5.98. The molecular formula is C24H18N6O. The maximum absolute atomic E-state index is 12.2. The largest absolute Gasteiger partial charge is 0.325 e. The molecule has 0 aliphatic carbocycles. The lowest BCUT2D eigenvalue weighted by Gasteiger charge is -2.12. The van der Waals surface area contributed by atoms with Crippen LogP contribution >= 0.6 is 0 Å². The number of hydrogen-bond acceptors (Lipinski definition) is 4. The minimum absolute atomic E-state index is 0.211. The number of nitrogens with zero attached hydrogens (tertiary/aromatic N) is 4. The summed E-state index contributed by atoms with van der Waals surface area (Å²) in [5, 5.41) is 14.4. The zero-order chi connectivity index (χ0) is 21.5. The highest BCUT2D eigenvalue weighted by atomic mass is 16.1. The summed E-state index contributed by atoms with van der Waals surface area (Å²) in [4.78, 5) is 16.0. The van der Waals surface area contributed by atoms with Crippen LogP contribution in [0, 0.1) is 6.57 Å². The van der Waals surface area contributed by atoms with Crippen LogP contribution in [0.2, 0.25) is 0 Å². The quantitative estimate of drug-likeness (QED) is 0.440. The minimum atomic E-state index is -0.255. The van der Waals surface area contributed by atoms with Gasteiger partial charge in [-0.1, -0.05) is 36.4 Å². The summed E-state index contributed by atoms with van der Waals surface area (Å²) < 4.78 is 1.78. The number of benzene rings is 3. The molecule has 0 fully saturated rings. The minimum Gasteiger partial charge on any atom is -0.325 e. The molecule has 0 radical (unpaired) electrons. The summed E-state index contributed by atoms with van der Waals surface area (Å²) in [6, 6.07) is 17.5. The molecule has 0 spiro atoms. The average molecular weight is 406 g/mol. The third-order valence-electron chi connectivity index (χ3n) is 5.55. The molecule has 7 nitrogen and oxygen atoms in total. The van der Waals surface area contributed by atoms with Crippen molar-refractivity contribution in [2.45, 2.75) is 6.54 Å². The third kappa shape index (κ3) is 2.98. The maximum Gasteiger partial charge on any atom is 0.272 e. The van der Waals surface area contributed by atoms with E-state index in [1.165, 1.54) is 0 Å². The Morgan fingerprint density at radius 2 is 1.84 bits per heavy atom. The monoisotopic (exact) mass is 406 g/mol. The van der Waals surface area contributed by atoms with E-state index >= 15 is 0 Å². The first-order chi connectivity index (χ1) is 15.1. The SMILES string of the molecule is [C-]#[N+]c1cc2ccccc2cc1-c1c(-c2ccc3c(=O)[nH]nc(CN)c3c2)cnn1C. The highest BCUT2D eigenvalue weighted by Gasteiger charge is 2.18. The molecule has 31 heavy (non-hydrogen) atoms. The normalized spacial score (nSPS) is 11.1. The Kier molecular flexibility index (Phi) is 4.35. The Morgan fingerprint density at radius 1 is 1.06 bits per heavy atom. The number of fused-ring (bicyclic) bond motifs is 2. The number of H-pyrrole nitrogens is 1. The fourth-order valence-corrected chi connectivity index (χ4v) is 4.02. The second-order valence-corrected chi connectivity index (χ2v) is 7.32. The molecule has 3 N–H and O–H groups in total. The summed E-state index contributed by atoms with van der Waals surface area (Å²) in [5.41, 5.74) is 10.2. The second kappa shape index (κ2) is 7.20. The summed E-state index contributed by atoms with van der Waals surface area (Å²) in [6.07, 6.45) is 1.78. The molecule has 0 bridgehead atoms. The zero-order valence-corrected chi connectivity index (χ0v) is 16.8. The van der Waals surface area contributed by atoms with Crippen LogP contribution < -0.4 is 11.3 Å². The Hall–Kier alpha value is -4.28. The molecule has 2 aromatic heterocycles. The van der Waals surface area contributed by atoms with E-state index in [4.69, 9.17) is 12.3 Å². The van der Waals surface area contributed by atoms with Crippen molar-refractivity contribution in [3.8, 4) is 22.4 Å². The van der Waals surface area contributed by atoms with Gasteiger partial charge in [0, 0.05) is 30.1 Å². The molecule has 0 aliphatic heterocycles. The van der Waals surface area contributed by atoms with Crippen molar-refractivity contribution >= 4 is 27.2 Å². The van der Waals surface area contributed by atoms with Gasteiger partial charge in [0.2, 0.25) is 0 Å². The zero-order valence-electron chi connectivity index (χ0n) is 16.8. The lowest BCUT2D eigenvalue weighted by atomic mass is 9.96. The lowest BCUT2D eigenvalue weighted by Crippen LogP contribution is -2.13. The van der Waals surface area contributed by atoms with E-state index in [0.717, 1.165) is 33.2 Å². The van der Waals surface area contributed by atoms with Crippen LogP contribution in [0.25, 0.3) is 48.8 Å². The second-order valence-electron chi connectivity index (χ2n) is 7.32. The average Bonchev–Trinajstić information content (AvgIpc) is 3.19. The van der Waals surface area contributed by atoms with E-state index in [1.807, 2.05) is 55.6 Å². The molecule has 7 heteroatoms. The molecular weight excluding hydrogens is 388 g/mol. The van der Waals surface area contributed by atoms with Crippen LogP contribution in [0.1, 0.15) is 5.69 Å². The number of aromatic amines is 1. The molecule has 5 aromatic rings. The van der Waals surface area contributed by atoms with Gasteiger partial charge in [-0.3, -0.25) is 9.48 Å². The van der Waals surface area contributed by atoms with Crippen LogP contribution in [-0.2, 0) is 13.6 Å². The van der Waals surface area contributed by atoms with Crippen molar-refractivity contribution in [2.75, 3.05) is 0 Å². The standard InChI is InChI=1S/C24H18N6O/c1-26-21-11-15-6-4-3-5-14(15)9-19(21)23-20(13-27-30(23)2)16-7-8-17-18(10-16)22(12-25)28-29-24(17)31/h3-11,13H,12,25H2,2H3,(H,29,31). The van der Waals surface area contributed by atoms with E-state index in [9.17, 15) is 4.79 Å². The van der Waals surface area contributed by atoms with Gasteiger partial charge in [-0.25, -0.2) is 9.94 Å². The number of aryl methyl sites for hydroxylation is 1. The van der Waals surface area contributed by atoms with E-state index in [1.54, 1.807) is 16.9 Å². The smallest absolute Gasteiger partial charge is 0.272 e. The predicted molar refractivity (Wildman–Crippen MR) is 122 cm³/mol. The number of aromatic nitrogens is 4. The molecule has 0 atom stereocenters. The summed E-state index contributed by atoms with van der Waals surface area (Å²) in [6.45, 7) is 7.94. The number of nitrogens with one attached hydrogen (secondary N) is 1. The van der Waals surface area contributed by atoms with E-state index in [-0.39, 0.29) is 12.1 Å². The van der Waals surface area contributed by atoms with Crippen molar-refractivity contribution in [2.24, 2.45) is 12.8 Å². The summed E-state index contributed by atoms with van der Waals surface area (Å²) in [5.74, 6) is 0. The third-order valence-corrected chi connectivity index (χ3v) is 5.55. The Bertz CT molecular complexity index is 1570. The molecule has 0 saturated carbocycles. The van der Waals surface area contributed by atoms with E-state index < -0.39 is 0 Å². The molecule has 0 unspecified atom stereocenters. The van der Waals surface area contributed by atoms with Gasteiger partial charge in [0.1, 0.15) is 0 Å². The highest BCUT2D eigenvalue weighted by Crippen LogP contribution is 2.40. The number of rotatable bonds is 3. The van der Waals surface area contributed by atoms with Gasteiger partial charge < -0.3 is 5.73 Å². The van der Waals surface area contributed by atoms with Crippen LogP contribution in [0.3, 0.4) is 0 Å². The molecule has 0 saturated heterocycles. The Balaban J connectivity index is 1.78. The van der Waals surface area contributed by atoms with Crippen LogP contribution in [0.15, 0.2) is 65.6 Å². The van der Waals surface area contributed by atoms with Gasteiger partial charge in [-0.2, -0.15) is 10.2 Å². The van der Waals surface area contributed by atoms with Crippen molar-refractivity contribution < 1.29 is 0 Å². The Labute approximate surface area is 177 Å². The van der Waals surface area contributed by atoms with Crippen LogP contribution in [0.4, 0.5) is 5.69 Å². The van der Waals surface area contributed by atoms with Gasteiger partial charge in [0.05, 0.1) is 29.5 Å². The first-order valence-electron chi connectivity index (χ1n) is 9.75. The predicted octanol–water partition coefficient (Wildman–Crippen LogP) is 4.15. The molecule has 150 valence electrons. The van der Waals surface area contributed by atoms with E-state index in [0.29, 0.717) is 22.2 Å². The molecule has 5 rings (SSSR count). The number of hydrogen-bond donors (Lipinski definition) is 2. The molecule has 0 amide bonds. The van der Waals surface area contributed by atoms with Crippen molar-refractivity contribution in [1.29, 1.82) is 0 Å². The van der Waals surface area contributed by atoms with Gasteiger partial charge >= 0.3 is 0 Å². The molecule has 0 aliphatic rings. The lowest BCUT2D eigenvalue weighted by molar-refractivity contribution is 0.776. The van der Waals surface area contributed by atoms with Gasteiger partial charge in [-0.15, -0.1) is 0 Å². The summed E-state index contributed by atoms with van der Waals surface area (Å²) >= 11 is 0. The van der Waals surface area contributed by atoms with Crippen molar-refractivity contribution in [3.63, 3.8) is 0 Å². The first kappa shape index (κ1) is 18.7. The van der Waals surface area contributed by atoms with Gasteiger partial charge in [-0.05, 0) is 34.5 Å². The molecule has 2 heterocycles. The Morgan fingerprint density at radius 3 is 2.58 bits per heavy atom. The fourth-order valence-electron chi connectivity index (χ4n) is 4.02. The summed E-state index contributed by atoms with van der Waals surface area (Å²) in [7, 11) is 1.86. The van der Waals surface area contributed by atoms with Crippen LogP contribution in [0.5, 0.6) is 0 Å². The van der Waals surface area contributed by atoms with Crippen molar-refractivity contribution in [1.82, 2.24) is 20.0 Å². The fraction of sp³-hybridized carbons (Fsp3) is 0.0833. The topological polar surface area (TPSA) is 93.9 Å². The van der Waals surface area contributed by atoms with Gasteiger partial charge in [0.15, 0.2) is 5.69 Å². The maximum atomic E-state index is 12.2. The van der Waals surface area contributed by atoms with Crippen LogP contribution in [-0.4, -0.2) is 20.0 Å². The van der Waals surface area contributed by atoms with Crippen molar-refractivity contribution in [3.05, 3.63) is 88.3 Å². The van der Waals surface area contributed by atoms with E-state index in [2.05, 4.69) is 20.1 Å². The first-order valence-corrected chi connectivity index (χ1v) is 9.75. The number of nitrogens with two attached hydrogens (primary N) is 1.